The van der Waals surface area contributed by atoms with Gasteiger partial charge in [-0.2, -0.15) is 5.10 Å². The third-order valence-corrected chi connectivity index (χ3v) is 4.79. The zero-order valence-corrected chi connectivity index (χ0v) is 14.5. The maximum Gasteiger partial charge on any atom is 0.243 e. The van der Waals surface area contributed by atoms with Crippen molar-refractivity contribution in [1.29, 1.82) is 0 Å². The molecule has 0 aliphatic rings. The van der Waals surface area contributed by atoms with Crippen LogP contribution in [0.1, 0.15) is 26.0 Å². The summed E-state index contributed by atoms with van der Waals surface area (Å²) in [6.45, 7) is 6.46. The molecule has 0 saturated carbocycles. The first-order valence-corrected chi connectivity index (χ1v) is 9.11. The Morgan fingerprint density at radius 3 is 2.61 bits per heavy atom. The van der Waals surface area contributed by atoms with E-state index in [4.69, 9.17) is 4.74 Å². The zero-order valence-electron chi connectivity index (χ0n) is 13.7. The second kappa shape index (κ2) is 7.72. The van der Waals surface area contributed by atoms with Crippen LogP contribution in [0.25, 0.3) is 5.69 Å². The molecular formula is C16H23N3O3S. The van der Waals surface area contributed by atoms with Gasteiger partial charge >= 0.3 is 0 Å². The Labute approximate surface area is 137 Å². The Bertz CT molecular complexity index is 724. The third kappa shape index (κ3) is 4.89. The van der Waals surface area contributed by atoms with Crippen molar-refractivity contribution >= 4 is 10.0 Å². The van der Waals surface area contributed by atoms with Crippen molar-refractivity contribution in [2.75, 3.05) is 13.2 Å². The lowest BCUT2D eigenvalue weighted by molar-refractivity contribution is 0.0778. The van der Waals surface area contributed by atoms with Crippen molar-refractivity contribution in [3.05, 3.63) is 42.2 Å². The third-order valence-electron chi connectivity index (χ3n) is 3.23. The van der Waals surface area contributed by atoms with Crippen molar-refractivity contribution < 1.29 is 13.2 Å². The van der Waals surface area contributed by atoms with Crippen LogP contribution in [0.2, 0.25) is 0 Å². The molecule has 23 heavy (non-hydrogen) atoms. The summed E-state index contributed by atoms with van der Waals surface area (Å²) in [5.74, 6) is 0. The van der Waals surface area contributed by atoms with Gasteiger partial charge in [0.05, 0.1) is 23.7 Å². The number of hydrogen-bond acceptors (Lipinski definition) is 4. The number of ether oxygens (including phenoxy) is 1. The number of para-hydroxylation sites is 1. The fourth-order valence-corrected chi connectivity index (χ4v) is 3.33. The van der Waals surface area contributed by atoms with Crippen molar-refractivity contribution in [2.45, 2.75) is 38.2 Å². The lowest BCUT2D eigenvalue weighted by atomic mass is 10.3. The van der Waals surface area contributed by atoms with Crippen LogP contribution in [-0.2, 0) is 14.8 Å². The summed E-state index contributed by atoms with van der Waals surface area (Å²) in [5.41, 5.74) is 1.29. The molecule has 1 aromatic heterocycles. The van der Waals surface area contributed by atoms with Crippen molar-refractivity contribution in [3.63, 3.8) is 0 Å². The summed E-state index contributed by atoms with van der Waals surface area (Å²) in [4.78, 5) is 0.200. The van der Waals surface area contributed by atoms with Crippen LogP contribution in [0.3, 0.4) is 0 Å². The molecule has 1 heterocycles. The molecule has 0 aliphatic heterocycles. The standard InChI is InChI=1S/C16H23N3O3S/c1-13(2)22-11-7-10-17-23(20,21)16-12-19(18-14(16)3)15-8-5-4-6-9-15/h4-6,8-9,12-13,17H,7,10-11H2,1-3H3. The number of nitrogens with zero attached hydrogens (tertiary/aromatic N) is 2. The van der Waals surface area contributed by atoms with Crippen LogP contribution in [0.5, 0.6) is 0 Å². The van der Waals surface area contributed by atoms with Crippen LogP contribution in [0.4, 0.5) is 0 Å². The van der Waals surface area contributed by atoms with Gasteiger partial charge in [-0.1, -0.05) is 18.2 Å². The van der Waals surface area contributed by atoms with Crippen LogP contribution in [-0.4, -0.2) is 37.5 Å². The molecule has 0 fully saturated rings. The minimum absolute atomic E-state index is 0.151. The van der Waals surface area contributed by atoms with Crippen LogP contribution in [0, 0.1) is 6.92 Å². The molecule has 6 nitrogen and oxygen atoms in total. The highest BCUT2D eigenvalue weighted by atomic mass is 32.2. The van der Waals surface area contributed by atoms with Gasteiger partial charge in [0, 0.05) is 13.2 Å². The summed E-state index contributed by atoms with van der Waals surface area (Å²) in [7, 11) is -3.57. The molecule has 2 aromatic rings. The number of benzene rings is 1. The maximum atomic E-state index is 12.4. The van der Waals surface area contributed by atoms with E-state index in [0.717, 1.165) is 5.69 Å². The predicted octanol–water partition coefficient (Wildman–Crippen LogP) is 2.27. The Hall–Kier alpha value is -1.70. The normalized spacial score (nSPS) is 12.0. The van der Waals surface area contributed by atoms with Gasteiger partial charge in [-0.25, -0.2) is 17.8 Å². The van der Waals surface area contributed by atoms with Gasteiger partial charge in [-0.15, -0.1) is 0 Å². The van der Waals surface area contributed by atoms with E-state index in [2.05, 4.69) is 9.82 Å². The van der Waals surface area contributed by atoms with Gasteiger partial charge in [0.15, 0.2) is 0 Å². The van der Waals surface area contributed by atoms with Crippen molar-refractivity contribution in [1.82, 2.24) is 14.5 Å². The van der Waals surface area contributed by atoms with E-state index in [-0.39, 0.29) is 11.0 Å². The number of nitrogens with one attached hydrogen (secondary N) is 1. The Kier molecular flexibility index (Phi) is 5.92. The molecule has 1 N–H and O–H groups in total. The lowest BCUT2D eigenvalue weighted by Gasteiger charge is -2.08. The van der Waals surface area contributed by atoms with Crippen molar-refractivity contribution in [3.8, 4) is 5.69 Å². The van der Waals surface area contributed by atoms with Gasteiger partial charge in [0.25, 0.3) is 0 Å². The summed E-state index contributed by atoms with van der Waals surface area (Å²) in [6.07, 6.45) is 2.32. The largest absolute Gasteiger partial charge is 0.379 e. The first-order chi connectivity index (χ1) is 10.9. The number of hydrogen-bond donors (Lipinski definition) is 1. The highest BCUT2D eigenvalue weighted by molar-refractivity contribution is 7.89. The molecule has 7 heteroatoms. The Balaban J connectivity index is 2.04. The van der Waals surface area contributed by atoms with Crippen LogP contribution in [0.15, 0.2) is 41.4 Å². The number of rotatable bonds is 8. The summed E-state index contributed by atoms with van der Waals surface area (Å²) in [5, 5.41) is 4.29. The molecule has 0 amide bonds. The van der Waals surface area contributed by atoms with E-state index < -0.39 is 10.0 Å². The molecule has 1 aromatic carbocycles. The maximum absolute atomic E-state index is 12.4. The van der Waals surface area contributed by atoms with E-state index in [1.165, 1.54) is 6.20 Å². The summed E-state index contributed by atoms with van der Waals surface area (Å²) in [6, 6.07) is 9.42. The van der Waals surface area contributed by atoms with E-state index in [0.29, 0.717) is 25.3 Å². The molecule has 0 unspecified atom stereocenters. The van der Waals surface area contributed by atoms with E-state index in [1.54, 1.807) is 11.6 Å². The fraction of sp³-hybridized carbons (Fsp3) is 0.438. The lowest BCUT2D eigenvalue weighted by Crippen LogP contribution is -2.26. The van der Waals surface area contributed by atoms with Gasteiger partial charge in [-0.3, -0.25) is 0 Å². The smallest absolute Gasteiger partial charge is 0.243 e. The quantitative estimate of drug-likeness (QED) is 0.750. The molecule has 0 radical (unpaired) electrons. The fourth-order valence-electron chi connectivity index (χ4n) is 2.10. The molecule has 0 aliphatic carbocycles. The average Bonchev–Trinajstić information content (AvgIpc) is 2.90. The highest BCUT2D eigenvalue weighted by Gasteiger charge is 2.20. The molecule has 0 atom stereocenters. The Morgan fingerprint density at radius 1 is 1.26 bits per heavy atom. The number of aromatic nitrogens is 2. The van der Waals surface area contributed by atoms with E-state index >= 15 is 0 Å². The second-order valence-electron chi connectivity index (χ2n) is 5.53. The zero-order chi connectivity index (χ0) is 16.9. The predicted molar refractivity (Wildman–Crippen MR) is 89.2 cm³/mol. The molecule has 2 rings (SSSR count). The minimum Gasteiger partial charge on any atom is -0.379 e. The topological polar surface area (TPSA) is 73.2 Å². The molecule has 126 valence electrons. The molecule has 0 saturated heterocycles. The van der Waals surface area contributed by atoms with Gasteiger partial charge in [0.2, 0.25) is 10.0 Å². The average molecular weight is 337 g/mol. The number of aryl methyl sites for hydroxylation is 1. The monoisotopic (exact) mass is 337 g/mol. The summed E-state index contributed by atoms with van der Waals surface area (Å²) >= 11 is 0. The second-order valence-corrected chi connectivity index (χ2v) is 7.27. The summed E-state index contributed by atoms with van der Waals surface area (Å²) < 4.78 is 34.3. The van der Waals surface area contributed by atoms with E-state index in [1.807, 2.05) is 44.2 Å². The highest BCUT2D eigenvalue weighted by Crippen LogP contribution is 2.16. The van der Waals surface area contributed by atoms with Crippen LogP contribution < -0.4 is 4.72 Å². The number of sulfonamides is 1. The van der Waals surface area contributed by atoms with Gasteiger partial charge in [-0.05, 0) is 39.3 Å². The molecule has 0 spiro atoms. The van der Waals surface area contributed by atoms with Gasteiger partial charge in [0.1, 0.15) is 4.90 Å². The minimum atomic E-state index is -3.57. The first-order valence-electron chi connectivity index (χ1n) is 7.63. The SMILES string of the molecule is Cc1nn(-c2ccccc2)cc1S(=O)(=O)NCCCOC(C)C. The first kappa shape index (κ1) is 17.7. The Morgan fingerprint density at radius 2 is 1.96 bits per heavy atom. The van der Waals surface area contributed by atoms with Crippen molar-refractivity contribution in [2.24, 2.45) is 0 Å². The molecular weight excluding hydrogens is 314 g/mol. The van der Waals surface area contributed by atoms with Crippen LogP contribution >= 0.6 is 0 Å². The van der Waals surface area contributed by atoms with E-state index in [9.17, 15) is 8.42 Å². The molecule has 0 bridgehead atoms. The van der Waals surface area contributed by atoms with Gasteiger partial charge < -0.3 is 4.74 Å².